The van der Waals surface area contributed by atoms with Gasteiger partial charge in [0.25, 0.3) is 0 Å². The Morgan fingerprint density at radius 1 is 0.885 bits per heavy atom. The Labute approximate surface area is 152 Å². The van der Waals surface area contributed by atoms with Crippen molar-refractivity contribution in [3.05, 3.63) is 43.7 Å². The number of rotatable bonds is 6. The average molecular weight is 542 g/mol. The summed E-state index contributed by atoms with van der Waals surface area (Å²) >= 11 is -3.94. The second-order valence-electron chi connectivity index (χ2n) is 4.29. The van der Waals surface area contributed by atoms with Crippen LogP contribution in [0.3, 0.4) is 0 Å². The maximum atomic E-state index is 12.5. The van der Waals surface area contributed by atoms with E-state index in [0.717, 1.165) is 0 Å². The molecule has 0 aliphatic rings. The van der Waals surface area contributed by atoms with Crippen LogP contribution in [0.4, 0.5) is 26.3 Å². The van der Waals surface area contributed by atoms with Crippen LogP contribution in [0.2, 0.25) is 0 Å². The topological polar surface area (TPSA) is 86.7 Å². The van der Waals surface area contributed by atoms with Gasteiger partial charge in [-0.3, -0.25) is 0 Å². The number of halogens is 7. The van der Waals surface area contributed by atoms with E-state index in [-0.39, 0.29) is 9.83 Å². The van der Waals surface area contributed by atoms with Gasteiger partial charge in [0.2, 0.25) is 0 Å². The molecule has 0 atom stereocenters. The third kappa shape index (κ3) is 5.98. The molecule has 15 heteroatoms. The number of benzene rings is 1. The predicted molar refractivity (Wildman–Crippen MR) is 85.2 cm³/mol. The molecule has 0 bridgehead atoms. The second-order valence-corrected chi connectivity index (χ2v) is 12.0. The van der Waals surface area contributed by atoms with Gasteiger partial charge in [-0.2, -0.15) is 0 Å². The van der Waals surface area contributed by atoms with E-state index >= 15 is 0 Å². The van der Waals surface area contributed by atoms with Crippen molar-refractivity contribution in [2.75, 3.05) is 0 Å². The fourth-order valence-corrected chi connectivity index (χ4v) is 7.00. The van der Waals surface area contributed by atoms with Gasteiger partial charge in [-0.25, -0.2) is 0 Å². The van der Waals surface area contributed by atoms with Crippen molar-refractivity contribution in [3.8, 4) is 0 Å². The first-order valence-corrected chi connectivity index (χ1v) is 12.0. The summed E-state index contributed by atoms with van der Waals surface area (Å²) in [6, 6.07) is 5.19. The van der Waals surface area contributed by atoms with Gasteiger partial charge in [0.1, 0.15) is 0 Å². The molecule has 0 aliphatic carbocycles. The molecular weight excluding hydrogens is 533 g/mol. The first-order chi connectivity index (χ1) is 11.6. The maximum absolute atomic E-state index is 12.5. The van der Waals surface area contributed by atoms with E-state index in [1.807, 2.05) is 0 Å². The van der Waals surface area contributed by atoms with E-state index in [1.165, 1.54) is 24.3 Å². The molecule has 1 aromatic rings. The fourth-order valence-electron chi connectivity index (χ4n) is 1.11. The van der Waals surface area contributed by atoms with Crippen molar-refractivity contribution in [2.45, 2.75) is 17.9 Å². The van der Waals surface area contributed by atoms with Crippen molar-refractivity contribution in [2.24, 2.45) is 0 Å². The third-order valence-corrected chi connectivity index (χ3v) is 9.57. The molecule has 26 heavy (non-hydrogen) atoms. The first kappa shape index (κ1) is 23.0. The molecule has 0 unspecified atom stereocenters. The van der Waals surface area contributed by atoms with Crippen LogP contribution < -0.4 is 0 Å². The average Bonchev–Trinajstić information content (AvgIpc) is 2.44. The number of alkyl halides is 6. The minimum atomic E-state index is -6.06. The molecule has 0 saturated carbocycles. The van der Waals surface area contributed by atoms with Crippen LogP contribution >= 0.6 is 20.2 Å². The standard InChI is InChI=1S/C11H9F6IO6S2/c1-8-2-4-9(5-3-8)18(24-26(21,22)11(15,16)17)6-7-23-25(19,20)10(12,13)14/h2-7H,1H3/b7-6+. The van der Waals surface area contributed by atoms with Gasteiger partial charge in [0.05, 0.1) is 0 Å². The van der Waals surface area contributed by atoms with Crippen LogP contribution in [-0.2, 0) is 26.9 Å². The molecule has 1 rings (SSSR count). The molecule has 0 radical (unpaired) electrons. The molecule has 0 heterocycles. The Morgan fingerprint density at radius 3 is 1.77 bits per heavy atom. The Balaban J connectivity index is 3.18. The van der Waals surface area contributed by atoms with Gasteiger partial charge in [-0.1, -0.05) is 0 Å². The van der Waals surface area contributed by atoms with Crippen LogP contribution in [0.1, 0.15) is 5.56 Å². The van der Waals surface area contributed by atoms with Gasteiger partial charge in [0, 0.05) is 0 Å². The molecule has 0 spiro atoms. The molecule has 150 valence electrons. The van der Waals surface area contributed by atoms with E-state index in [0.29, 0.717) is 9.65 Å². The van der Waals surface area contributed by atoms with E-state index < -0.39 is 51.5 Å². The van der Waals surface area contributed by atoms with Crippen LogP contribution in [0.15, 0.2) is 34.6 Å². The van der Waals surface area contributed by atoms with Crippen molar-refractivity contribution in [3.63, 3.8) is 0 Å². The van der Waals surface area contributed by atoms with Gasteiger partial charge in [-0.15, -0.1) is 0 Å². The molecule has 0 amide bonds. The van der Waals surface area contributed by atoms with E-state index in [1.54, 1.807) is 6.92 Å². The second kappa shape index (κ2) is 7.89. The molecule has 0 saturated heterocycles. The Morgan fingerprint density at radius 2 is 1.35 bits per heavy atom. The minimum absolute atomic E-state index is 0.0561. The summed E-state index contributed by atoms with van der Waals surface area (Å²) in [4.78, 5) is 0. The van der Waals surface area contributed by atoms with Crippen LogP contribution in [-0.4, -0.2) is 27.9 Å². The zero-order chi connectivity index (χ0) is 20.4. The quantitative estimate of drug-likeness (QED) is 0.179. The number of aryl methyl sites for hydroxylation is 1. The zero-order valence-corrected chi connectivity index (χ0v) is 16.2. The molecule has 1 aromatic carbocycles. The van der Waals surface area contributed by atoms with Crippen molar-refractivity contribution in [1.29, 1.82) is 0 Å². The van der Waals surface area contributed by atoms with E-state index in [2.05, 4.69) is 6.70 Å². The number of hydrogen-bond acceptors (Lipinski definition) is 6. The summed E-state index contributed by atoms with van der Waals surface area (Å²) in [5, 5.41) is 0. The summed E-state index contributed by atoms with van der Waals surface area (Å²) in [7, 11) is -12.1. The summed E-state index contributed by atoms with van der Waals surface area (Å²) in [6.45, 7) is 1.62. The molecule has 0 fully saturated rings. The molecular formula is C11H9F6IO6S2. The van der Waals surface area contributed by atoms with Gasteiger partial charge in [0.15, 0.2) is 0 Å². The first-order valence-electron chi connectivity index (χ1n) is 5.99. The SMILES string of the molecule is Cc1ccc(I(/C=C/OS(=O)(=O)C(F)(F)F)OS(=O)(=O)C(F)(F)F)cc1. The van der Waals surface area contributed by atoms with Crippen molar-refractivity contribution in [1.82, 2.24) is 0 Å². The summed E-state index contributed by atoms with van der Waals surface area (Å²) in [6.07, 6.45) is -0.0561. The molecule has 6 nitrogen and oxygen atoms in total. The van der Waals surface area contributed by atoms with Gasteiger partial charge in [-0.05, 0) is 0 Å². The summed E-state index contributed by atoms with van der Waals surface area (Å²) < 4.78 is 126. The van der Waals surface area contributed by atoms with Crippen LogP contribution in [0.5, 0.6) is 0 Å². The number of hydrogen-bond donors (Lipinski definition) is 0. The molecule has 0 N–H and O–H groups in total. The van der Waals surface area contributed by atoms with Crippen molar-refractivity contribution < 1.29 is 49.9 Å². The summed E-state index contributed by atoms with van der Waals surface area (Å²) in [5.41, 5.74) is -10.9. The molecule has 0 aliphatic heterocycles. The van der Waals surface area contributed by atoms with Gasteiger partial charge < -0.3 is 0 Å². The monoisotopic (exact) mass is 542 g/mol. The van der Waals surface area contributed by atoms with E-state index in [9.17, 15) is 43.2 Å². The fraction of sp³-hybridized carbons (Fsp3) is 0.273. The van der Waals surface area contributed by atoms with Crippen molar-refractivity contribution >= 4 is 40.5 Å². The van der Waals surface area contributed by atoms with Gasteiger partial charge >= 0.3 is 152 Å². The zero-order valence-electron chi connectivity index (χ0n) is 12.4. The Bertz CT molecular complexity index is 858. The third-order valence-electron chi connectivity index (χ3n) is 2.29. The summed E-state index contributed by atoms with van der Waals surface area (Å²) in [5.74, 6) is 0. The Hall–Kier alpha value is -1.07. The predicted octanol–water partition coefficient (Wildman–Crippen LogP) is 3.79. The molecule has 0 aromatic heterocycles. The van der Waals surface area contributed by atoms with Crippen LogP contribution in [0.25, 0.3) is 0 Å². The van der Waals surface area contributed by atoms with E-state index in [4.69, 9.17) is 0 Å². The normalized spacial score (nSPS) is 14.5. The Kier molecular flexibility index (Phi) is 6.97. The van der Waals surface area contributed by atoms with Crippen LogP contribution in [0, 0.1) is 10.5 Å².